The van der Waals surface area contributed by atoms with Gasteiger partial charge in [0.15, 0.2) is 0 Å². The van der Waals surface area contributed by atoms with Gasteiger partial charge in [-0.15, -0.1) is 0 Å². The lowest BCUT2D eigenvalue weighted by Gasteiger charge is -2.37. The van der Waals surface area contributed by atoms with E-state index in [4.69, 9.17) is 5.73 Å². The molecule has 0 unspecified atom stereocenters. The highest BCUT2D eigenvalue weighted by atomic mass is 19.1. The van der Waals surface area contributed by atoms with E-state index in [0.717, 1.165) is 31.4 Å². The van der Waals surface area contributed by atoms with E-state index in [9.17, 15) is 9.18 Å². The zero-order valence-electron chi connectivity index (χ0n) is 11.1. The third-order valence-corrected chi connectivity index (χ3v) is 3.71. The number of halogens is 1. The minimum Gasteiger partial charge on any atom is -0.339 e. The number of hydrogen-bond acceptors (Lipinski definition) is 2. The van der Waals surface area contributed by atoms with Crippen LogP contribution in [0, 0.1) is 5.82 Å². The Kier molecular flexibility index (Phi) is 4.91. The molecule has 1 aromatic rings. The maximum Gasteiger partial charge on any atom is 0.227 e. The maximum absolute atomic E-state index is 12.8. The molecule has 0 saturated heterocycles. The summed E-state index contributed by atoms with van der Waals surface area (Å²) in [7, 11) is 0. The Morgan fingerprint density at radius 1 is 1.32 bits per heavy atom. The van der Waals surface area contributed by atoms with Gasteiger partial charge in [-0.25, -0.2) is 4.39 Å². The molecule has 0 atom stereocenters. The molecule has 2 rings (SSSR count). The fraction of sp³-hybridized carbons (Fsp3) is 0.533. The van der Waals surface area contributed by atoms with Crippen LogP contribution in [0.25, 0.3) is 0 Å². The molecule has 19 heavy (non-hydrogen) atoms. The summed E-state index contributed by atoms with van der Waals surface area (Å²) in [6.07, 6.45) is 4.58. The molecule has 104 valence electrons. The average molecular weight is 264 g/mol. The van der Waals surface area contributed by atoms with Crippen LogP contribution in [0.15, 0.2) is 24.3 Å². The topological polar surface area (TPSA) is 46.3 Å². The van der Waals surface area contributed by atoms with Gasteiger partial charge < -0.3 is 10.6 Å². The molecule has 0 aliphatic heterocycles. The van der Waals surface area contributed by atoms with Crippen LogP contribution >= 0.6 is 0 Å². The molecule has 1 aromatic carbocycles. The van der Waals surface area contributed by atoms with Gasteiger partial charge in [0.1, 0.15) is 5.82 Å². The number of benzene rings is 1. The standard InChI is InChI=1S/C15H21FN2O/c16-13-7-5-12(6-8-13)11-15(19)18(10-2-9-17)14-3-1-4-14/h5-8,14H,1-4,9-11,17H2. The Bertz CT molecular complexity index is 415. The second kappa shape index (κ2) is 6.66. The molecule has 1 aliphatic carbocycles. The van der Waals surface area contributed by atoms with Crippen molar-refractivity contribution in [1.82, 2.24) is 4.90 Å². The SMILES string of the molecule is NCCCN(C(=O)Cc1ccc(F)cc1)C1CCC1. The van der Waals surface area contributed by atoms with Crippen LogP contribution in [0.4, 0.5) is 4.39 Å². The molecule has 3 nitrogen and oxygen atoms in total. The van der Waals surface area contributed by atoms with Gasteiger partial charge >= 0.3 is 0 Å². The summed E-state index contributed by atoms with van der Waals surface area (Å²) in [6.45, 7) is 1.34. The fourth-order valence-corrected chi connectivity index (χ4v) is 2.35. The van der Waals surface area contributed by atoms with Crippen LogP contribution < -0.4 is 5.73 Å². The number of nitrogens with two attached hydrogens (primary N) is 1. The zero-order chi connectivity index (χ0) is 13.7. The molecular formula is C15H21FN2O. The summed E-state index contributed by atoms with van der Waals surface area (Å²) in [4.78, 5) is 14.3. The summed E-state index contributed by atoms with van der Waals surface area (Å²) in [5.41, 5.74) is 6.39. The molecule has 0 heterocycles. The number of amides is 1. The van der Waals surface area contributed by atoms with E-state index < -0.39 is 0 Å². The maximum atomic E-state index is 12.8. The van der Waals surface area contributed by atoms with E-state index in [0.29, 0.717) is 19.0 Å². The molecule has 1 aliphatic rings. The predicted octanol–water partition coefficient (Wildman–Crippen LogP) is 2.10. The van der Waals surface area contributed by atoms with Crippen LogP contribution in [0.2, 0.25) is 0 Å². The van der Waals surface area contributed by atoms with E-state index in [-0.39, 0.29) is 11.7 Å². The van der Waals surface area contributed by atoms with Gasteiger partial charge in [-0.1, -0.05) is 12.1 Å². The molecule has 1 saturated carbocycles. The molecule has 0 spiro atoms. The van der Waals surface area contributed by atoms with Gasteiger partial charge in [-0.3, -0.25) is 4.79 Å². The van der Waals surface area contributed by atoms with E-state index in [1.165, 1.54) is 18.6 Å². The smallest absolute Gasteiger partial charge is 0.227 e. The second-order valence-corrected chi connectivity index (χ2v) is 5.12. The highest BCUT2D eigenvalue weighted by Gasteiger charge is 2.28. The van der Waals surface area contributed by atoms with Crippen molar-refractivity contribution >= 4 is 5.91 Å². The lowest BCUT2D eigenvalue weighted by atomic mass is 9.91. The third-order valence-electron chi connectivity index (χ3n) is 3.71. The third kappa shape index (κ3) is 3.77. The summed E-state index contributed by atoms with van der Waals surface area (Å²) in [6, 6.07) is 6.54. The average Bonchev–Trinajstić information content (AvgIpc) is 2.34. The van der Waals surface area contributed by atoms with Crippen LogP contribution in [0.3, 0.4) is 0 Å². The number of carbonyl (C=O) groups is 1. The molecule has 0 radical (unpaired) electrons. The normalized spacial score (nSPS) is 15.1. The fourth-order valence-electron chi connectivity index (χ4n) is 2.35. The van der Waals surface area contributed by atoms with Gasteiger partial charge in [0, 0.05) is 12.6 Å². The number of nitrogens with zero attached hydrogens (tertiary/aromatic N) is 1. The number of rotatable bonds is 6. The van der Waals surface area contributed by atoms with Crippen molar-refractivity contribution in [1.29, 1.82) is 0 Å². The summed E-state index contributed by atoms with van der Waals surface area (Å²) < 4.78 is 12.8. The minimum atomic E-state index is -0.268. The first kappa shape index (κ1) is 14.0. The van der Waals surface area contributed by atoms with Crippen molar-refractivity contribution in [3.05, 3.63) is 35.6 Å². The van der Waals surface area contributed by atoms with Crippen molar-refractivity contribution in [2.24, 2.45) is 5.73 Å². The van der Waals surface area contributed by atoms with Gasteiger partial charge in [-0.2, -0.15) is 0 Å². The molecule has 1 amide bonds. The van der Waals surface area contributed by atoms with E-state index in [1.54, 1.807) is 12.1 Å². The van der Waals surface area contributed by atoms with Gasteiger partial charge in [-0.05, 0) is 49.9 Å². The minimum absolute atomic E-state index is 0.129. The molecular weight excluding hydrogens is 243 g/mol. The lowest BCUT2D eigenvalue weighted by Crippen LogP contribution is -2.45. The van der Waals surface area contributed by atoms with E-state index in [1.807, 2.05) is 4.90 Å². The first-order valence-electron chi connectivity index (χ1n) is 6.94. The summed E-state index contributed by atoms with van der Waals surface area (Å²) in [5.74, 6) is -0.139. The Hall–Kier alpha value is -1.42. The summed E-state index contributed by atoms with van der Waals surface area (Å²) >= 11 is 0. The number of carbonyl (C=O) groups excluding carboxylic acids is 1. The molecule has 0 bridgehead atoms. The highest BCUT2D eigenvalue weighted by molar-refractivity contribution is 5.79. The van der Waals surface area contributed by atoms with Crippen molar-refractivity contribution in [2.45, 2.75) is 38.1 Å². The van der Waals surface area contributed by atoms with Crippen LogP contribution in [0.1, 0.15) is 31.2 Å². The Balaban J connectivity index is 1.96. The first-order valence-corrected chi connectivity index (χ1v) is 6.94. The number of hydrogen-bond donors (Lipinski definition) is 1. The molecule has 0 aromatic heterocycles. The summed E-state index contributed by atoms with van der Waals surface area (Å²) in [5, 5.41) is 0. The van der Waals surface area contributed by atoms with Crippen molar-refractivity contribution in [3.8, 4) is 0 Å². The van der Waals surface area contributed by atoms with E-state index >= 15 is 0 Å². The highest BCUT2D eigenvalue weighted by Crippen LogP contribution is 2.25. The predicted molar refractivity (Wildman–Crippen MR) is 73.1 cm³/mol. The van der Waals surface area contributed by atoms with Gasteiger partial charge in [0.25, 0.3) is 0 Å². The Morgan fingerprint density at radius 2 is 2.00 bits per heavy atom. The quantitative estimate of drug-likeness (QED) is 0.855. The van der Waals surface area contributed by atoms with Gasteiger partial charge in [0.05, 0.1) is 6.42 Å². The van der Waals surface area contributed by atoms with Crippen LogP contribution in [-0.2, 0) is 11.2 Å². The van der Waals surface area contributed by atoms with Crippen LogP contribution in [-0.4, -0.2) is 29.9 Å². The molecule has 1 fully saturated rings. The van der Waals surface area contributed by atoms with Gasteiger partial charge in [0.2, 0.25) is 5.91 Å². The van der Waals surface area contributed by atoms with Crippen LogP contribution in [0.5, 0.6) is 0 Å². The first-order chi connectivity index (χ1) is 9.20. The Morgan fingerprint density at radius 3 is 2.53 bits per heavy atom. The monoisotopic (exact) mass is 264 g/mol. The van der Waals surface area contributed by atoms with E-state index in [2.05, 4.69) is 0 Å². The second-order valence-electron chi connectivity index (χ2n) is 5.12. The molecule has 4 heteroatoms. The largest absolute Gasteiger partial charge is 0.339 e. The Labute approximate surface area is 113 Å². The van der Waals surface area contributed by atoms with Crippen molar-refractivity contribution in [3.63, 3.8) is 0 Å². The zero-order valence-corrected chi connectivity index (χ0v) is 11.1. The van der Waals surface area contributed by atoms with Crippen molar-refractivity contribution in [2.75, 3.05) is 13.1 Å². The van der Waals surface area contributed by atoms with Crippen molar-refractivity contribution < 1.29 is 9.18 Å². The molecule has 2 N–H and O–H groups in total. The lowest BCUT2D eigenvalue weighted by molar-refractivity contribution is -0.134.